The molecule has 25 atom stereocenters. The van der Waals surface area contributed by atoms with E-state index in [9.17, 15) is 83.8 Å². The molecule has 0 bridgehead atoms. The Morgan fingerprint density at radius 2 is 1.23 bits per heavy atom. The third kappa shape index (κ3) is 32.6. The van der Waals surface area contributed by atoms with E-state index >= 15 is 0 Å². The maximum Gasteiger partial charge on any atom is 0.397 e. The molecule has 7 unspecified atom stereocenters. The summed E-state index contributed by atoms with van der Waals surface area (Å²) in [4.78, 5) is 26.4. The second kappa shape index (κ2) is 44.6. The number of rotatable bonds is 52. The number of Topliss-reactive ketones (excluding diaryl/α,β-unsaturated/α-hetero) is 2. The Labute approximate surface area is 574 Å². The van der Waals surface area contributed by atoms with Crippen molar-refractivity contribution in [3.8, 4) is 0 Å². The van der Waals surface area contributed by atoms with Gasteiger partial charge >= 0.3 is 10.4 Å². The number of carbonyl (C=O) groups excluding carboxylic acids is 2. The van der Waals surface area contributed by atoms with E-state index in [1.165, 1.54) is 25.3 Å². The molecule has 0 saturated carbocycles. The number of allylic oxidation sites excluding steroid dienone is 7. The zero-order valence-electron chi connectivity index (χ0n) is 57.4. The van der Waals surface area contributed by atoms with Gasteiger partial charge < -0.3 is 94.4 Å². The number of hydrogen-bond donors (Lipinski definition) is 13. The predicted octanol–water partition coefficient (Wildman–Crippen LogP) is 5.44. The topological polar surface area (TPSA) is 412 Å². The Hall–Kier alpha value is -2.85. The lowest BCUT2D eigenvalue weighted by Crippen LogP contribution is -2.62. The van der Waals surface area contributed by atoms with Crippen molar-refractivity contribution in [3.05, 3.63) is 61.3 Å². The molecule has 26 heteroatoms. The average molecular weight is 1410 g/mol. The van der Waals surface area contributed by atoms with Crippen LogP contribution in [-0.4, -0.2) is 240 Å². The molecule has 5 fully saturated rings. The molecule has 97 heavy (non-hydrogen) atoms. The van der Waals surface area contributed by atoms with E-state index in [1.54, 1.807) is 0 Å². The molecule has 0 spiro atoms. The van der Waals surface area contributed by atoms with Gasteiger partial charge in [-0.3, -0.25) is 14.1 Å². The highest BCUT2D eigenvalue weighted by atomic mass is 32.3. The first-order valence-electron chi connectivity index (χ1n) is 35.7. The van der Waals surface area contributed by atoms with E-state index in [1.807, 2.05) is 6.08 Å². The van der Waals surface area contributed by atoms with Gasteiger partial charge in [0.25, 0.3) is 0 Å². The summed E-state index contributed by atoms with van der Waals surface area (Å²) in [5, 5.41) is 127. The zero-order valence-corrected chi connectivity index (χ0v) is 58.2. The molecular formula is C71H120O25S. The molecule has 0 aromatic rings. The van der Waals surface area contributed by atoms with E-state index in [2.05, 4.69) is 67.6 Å². The van der Waals surface area contributed by atoms with Gasteiger partial charge in [0, 0.05) is 44.9 Å². The first kappa shape index (κ1) is 84.8. The highest BCUT2D eigenvalue weighted by molar-refractivity contribution is 7.80. The van der Waals surface area contributed by atoms with Crippen LogP contribution in [0.1, 0.15) is 207 Å². The maximum atomic E-state index is 13.2. The number of aliphatic hydroxyl groups excluding tert-OH is 12. The predicted molar refractivity (Wildman–Crippen MR) is 358 cm³/mol. The summed E-state index contributed by atoms with van der Waals surface area (Å²) in [6.07, 6.45) is 6.12. The zero-order chi connectivity index (χ0) is 71.2. The van der Waals surface area contributed by atoms with Gasteiger partial charge in [0.15, 0.2) is 12.6 Å². The minimum Gasteiger partial charge on any atom is -0.394 e. The Morgan fingerprint density at radius 1 is 0.588 bits per heavy atom. The van der Waals surface area contributed by atoms with Gasteiger partial charge in [0.1, 0.15) is 66.5 Å². The molecule has 0 radical (unpaired) electrons. The van der Waals surface area contributed by atoms with Crippen LogP contribution in [0.5, 0.6) is 0 Å². The van der Waals surface area contributed by atoms with Gasteiger partial charge in [-0.05, 0) is 128 Å². The smallest absolute Gasteiger partial charge is 0.394 e. The molecule has 5 saturated heterocycles. The summed E-state index contributed by atoms with van der Waals surface area (Å²) < 4.78 is 77.0. The molecule has 5 heterocycles. The SMILES string of the molecule is C=CCC[C@@H]1O[C@H]1CC(=C)CC[C@@H]1O[C@H]1CCCC/C=C/CC/C=C/CC(C)/C=C/CC(C)CCCCCCC(=O)CCCC(CC(O)CC(=O)CC(O)CCC(O)[C@@H]1C[C@H](O)[C@H](OS(=O)(=O)O)[C@@H](CC(C)O)O1)O[C@@H]1O[C@H](CO[C@@H]2O[C@H](CO)[C@@H](O)[C@H](O)[C@H]2O)[C@@H](O)[C@H](O)[C@H]1O. The van der Waals surface area contributed by atoms with E-state index < -0.39 is 159 Å². The number of carbonyl (C=O) groups is 2. The molecule has 0 amide bonds. The van der Waals surface area contributed by atoms with Crippen molar-refractivity contribution in [3.63, 3.8) is 0 Å². The van der Waals surface area contributed by atoms with E-state index in [-0.39, 0.29) is 57.1 Å². The Morgan fingerprint density at radius 3 is 1.94 bits per heavy atom. The molecule has 25 nitrogen and oxygen atoms in total. The number of aliphatic hydroxyl groups is 12. The second-order valence-electron chi connectivity index (χ2n) is 28.0. The summed E-state index contributed by atoms with van der Waals surface area (Å²) in [6, 6.07) is 0. The standard InChI is InChI=1S/C71H120O25S/c1-6-7-30-56-59(92-56)36-46(4)32-35-57-55(91-57)31-20-14-12-10-8-9-11-13-17-23-44(2)25-21-26-45(3)24-18-15-16-19-27-48(74)28-22-29-52(90-71-68(85)66(83)64(81)62(95-71)43-89-70-67(84)65(82)63(80)61(42-72)94-70)40-51(77)39-50(76)38-49(75)33-34-53(78)58-41-54(79)69(96-97(86,87)88)60(93-58)37-47(5)73/h6,8,10,13,17,21,25,44-45,47,49,51-73,75,77-85H,1,4,7,9,11-12,14-16,18-20,22-24,26-43H2,2-3,5H3,(H,86,87,88)/b10-8+,17-13+,25-21+/t44?,45?,47?,49?,51?,52?,53?,54-,55-,56-,57-,58-,59-,60+,61+,62+,63+,64+,65-,66-,67+,68+,69-,70+,71+/m0/s1. The molecule has 5 rings (SSSR count). The molecular weight excluding hydrogens is 1280 g/mol. The van der Waals surface area contributed by atoms with Gasteiger partial charge in [-0.15, -0.1) is 6.58 Å². The van der Waals surface area contributed by atoms with Gasteiger partial charge in [-0.25, -0.2) is 4.18 Å². The van der Waals surface area contributed by atoms with Crippen molar-refractivity contribution < 1.29 is 121 Å². The monoisotopic (exact) mass is 1400 g/mol. The lowest BCUT2D eigenvalue weighted by Gasteiger charge is -2.43. The average Bonchev–Trinajstić information content (AvgIpc) is 1.79. The van der Waals surface area contributed by atoms with Crippen molar-refractivity contribution in [1.29, 1.82) is 0 Å². The minimum atomic E-state index is -5.02. The number of hydrogen-bond acceptors (Lipinski definition) is 24. The summed E-state index contributed by atoms with van der Waals surface area (Å²) in [7, 11) is -5.02. The third-order valence-electron chi connectivity index (χ3n) is 19.0. The largest absolute Gasteiger partial charge is 0.397 e. The fourth-order valence-electron chi connectivity index (χ4n) is 13.0. The maximum absolute atomic E-state index is 13.2. The summed E-state index contributed by atoms with van der Waals surface area (Å²) in [5.41, 5.74) is 1.28. The normalized spacial score (nSPS) is 32.2. The molecule has 5 aliphatic rings. The Balaban J connectivity index is 0.972. The van der Waals surface area contributed by atoms with Crippen LogP contribution in [0.4, 0.5) is 0 Å². The first-order valence-corrected chi connectivity index (χ1v) is 37.1. The third-order valence-corrected chi connectivity index (χ3v) is 19.4. The fraction of sp³-hybridized carbons (Fsp3) is 0.831. The van der Waals surface area contributed by atoms with Gasteiger partial charge in [-0.1, -0.05) is 101 Å². The van der Waals surface area contributed by atoms with E-state index in [0.29, 0.717) is 49.1 Å². The molecule has 13 N–H and O–H groups in total. The summed E-state index contributed by atoms with van der Waals surface area (Å²) >= 11 is 0. The van der Waals surface area contributed by atoms with Crippen LogP contribution in [0.15, 0.2) is 61.3 Å². The highest BCUT2D eigenvalue weighted by Crippen LogP contribution is 2.37. The molecule has 0 aromatic heterocycles. The lowest BCUT2D eigenvalue weighted by molar-refractivity contribution is -0.336. The van der Waals surface area contributed by atoms with Crippen LogP contribution in [0.3, 0.4) is 0 Å². The van der Waals surface area contributed by atoms with Gasteiger partial charge in [0.05, 0.1) is 86.5 Å². The van der Waals surface area contributed by atoms with Crippen LogP contribution in [0.25, 0.3) is 0 Å². The Bertz CT molecular complexity index is 2460. The van der Waals surface area contributed by atoms with E-state index in [0.717, 1.165) is 96.3 Å². The van der Waals surface area contributed by atoms with Crippen LogP contribution in [0, 0.1) is 11.8 Å². The summed E-state index contributed by atoms with van der Waals surface area (Å²) in [6.45, 7) is 12.6. The second-order valence-corrected chi connectivity index (χ2v) is 29.0. The van der Waals surface area contributed by atoms with Crippen molar-refractivity contribution >= 4 is 22.0 Å². The van der Waals surface area contributed by atoms with Crippen molar-refractivity contribution in [2.24, 2.45) is 11.8 Å². The van der Waals surface area contributed by atoms with E-state index in [4.69, 9.17) is 33.2 Å². The van der Waals surface area contributed by atoms with Crippen LogP contribution in [-0.2, 0) is 57.3 Å². The van der Waals surface area contributed by atoms with Crippen LogP contribution >= 0.6 is 0 Å². The molecule has 0 aromatic carbocycles. The van der Waals surface area contributed by atoms with Crippen LogP contribution < -0.4 is 0 Å². The van der Waals surface area contributed by atoms with Crippen molar-refractivity contribution in [2.75, 3.05) is 13.2 Å². The fourth-order valence-corrected chi connectivity index (χ4v) is 13.5. The van der Waals surface area contributed by atoms with Crippen LogP contribution in [0.2, 0.25) is 0 Å². The number of unbranched alkanes of at least 4 members (excludes halogenated alkanes) is 6. The van der Waals surface area contributed by atoms with Gasteiger partial charge in [-0.2, -0.15) is 8.42 Å². The highest BCUT2D eigenvalue weighted by Gasteiger charge is 2.49. The number of ether oxygens (including phenoxy) is 7. The molecule has 5 aliphatic heterocycles. The van der Waals surface area contributed by atoms with Crippen molar-refractivity contribution in [1.82, 2.24) is 0 Å². The van der Waals surface area contributed by atoms with Crippen molar-refractivity contribution in [2.45, 2.75) is 348 Å². The number of epoxide rings is 2. The minimum absolute atomic E-state index is 0.00463. The first-order chi connectivity index (χ1) is 46.2. The summed E-state index contributed by atoms with van der Waals surface area (Å²) in [5.74, 6) is 0.403. The van der Waals surface area contributed by atoms with Gasteiger partial charge in [0.2, 0.25) is 0 Å². The molecule has 0 aliphatic carbocycles. The Kier molecular flexibility index (Phi) is 39.0. The molecule has 560 valence electrons. The quantitative estimate of drug-likeness (QED) is 0.0156. The number of ketones is 2. The lowest BCUT2D eigenvalue weighted by atomic mass is 9.90.